The second-order valence-electron chi connectivity index (χ2n) is 8.93. The third-order valence-electron chi connectivity index (χ3n) is 6.72. The smallest absolute Gasteiger partial charge is 0.308 e. The van der Waals surface area contributed by atoms with Gasteiger partial charge in [-0.2, -0.15) is 0 Å². The lowest BCUT2D eigenvalue weighted by atomic mass is 9.94. The van der Waals surface area contributed by atoms with Crippen molar-refractivity contribution in [1.29, 1.82) is 0 Å². The van der Waals surface area contributed by atoms with Crippen molar-refractivity contribution in [2.24, 2.45) is 0 Å². The van der Waals surface area contributed by atoms with Crippen LogP contribution in [-0.2, 0) is 9.09 Å². The molecule has 2 nitrogen and oxygen atoms in total. The summed E-state index contributed by atoms with van der Waals surface area (Å²) in [7, 11) is -3.37. The van der Waals surface area contributed by atoms with Gasteiger partial charge in [-0.05, 0) is 58.0 Å². The summed E-state index contributed by atoms with van der Waals surface area (Å²) in [5.41, 5.74) is 2.37. The number of allylic oxidation sites excluding steroid dienone is 2. The van der Waals surface area contributed by atoms with Gasteiger partial charge in [0.1, 0.15) is 5.76 Å². The first-order valence-corrected chi connectivity index (χ1v) is 13.8. The second kappa shape index (κ2) is 9.20. The van der Waals surface area contributed by atoms with Gasteiger partial charge in [-0.1, -0.05) is 99.5 Å². The highest BCUT2D eigenvalue weighted by atomic mass is 31.2. The summed E-state index contributed by atoms with van der Waals surface area (Å²) in [6, 6.07) is 26.9. The first-order chi connectivity index (χ1) is 16.2. The fourth-order valence-electron chi connectivity index (χ4n) is 5.02. The lowest BCUT2D eigenvalue weighted by molar-refractivity contribution is 0.397. The van der Waals surface area contributed by atoms with Gasteiger partial charge in [-0.25, -0.2) is 0 Å². The van der Waals surface area contributed by atoms with Crippen LogP contribution in [0.25, 0.3) is 27.1 Å². The Morgan fingerprint density at radius 3 is 2.09 bits per heavy atom. The third-order valence-corrected chi connectivity index (χ3v) is 9.29. The number of unbranched alkanes of at least 4 members (excludes halogenated alkanes) is 2. The molecule has 4 aromatic carbocycles. The molecule has 1 aliphatic rings. The lowest BCUT2D eigenvalue weighted by Crippen LogP contribution is -2.27. The molecule has 5 rings (SSSR count). The molecule has 33 heavy (non-hydrogen) atoms. The Balaban J connectivity index is 1.85. The SMILES string of the molecule is CCCCC1=C(CCCC)c2ccc3ccccc3c2P(=O)(c2cccc3ccccc23)O1. The van der Waals surface area contributed by atoms with Crippen molar-refractivity contribution in [3.05, 3.63) is 90.2 Å². The standard InChI is InChI=1S/C30H31O2P/c1-3-5-15-26-27-21-20-23-13-8-10-17-25(23)30(27)33(31,32-28(26)18-6-4-2)29-19-11-14-22-12-7-9-16-24(22)29/h7-14,16-17,19-21H,3-6,15,18H2,1-2H3. The molecule has 1 heterocycles. The summed E-state index contributed by atoms with van der Waals surface area (Å²) in [4.78, 5) is 0. The van der Waals surface area contributed by atoms with Crippen LogP contribution in [0.15, 0.2) is 84.6 Å². The van der Waals surface area contributed by atoms with Gasteiger partial charge in [0.25, 0.3) is 0 Å². The first kappa shape index (κ1) is 22.0. The van der Waals surface area contributed by atoms with E-state index in [1.165, 1.54) is 5.57 Å². The lowest BCUT2D eigenvalue weighted by Gasteiger charge is -2.33. The fourth-order valence-corrected chi connectivity index (χ4v) is 7.81. The van der Waals surface area contributed by atoms with Crippen LogP contribution >= 0.6 is 7.37 Å². The molecule has 0 amide bonds. The molecule has 0 aliphatic carbocycles. The molecule has 0 saturated heterocycles. The van der Waals surface area contributed by atoms with Crippen LogP contribution in [0, 0.1) is 0 Å². The third kappa shape index (κ3) is 3.81. The monoisotopic (exact) mass is 454 g/mol. The van der Waals surface area contributed by atoms with Crippen molar-refractivity contribution in [2.45, 2.75) is 52.4 Å². The van der Waals surface area contributed by atoms with Crippen molar-refractivity contribution in [3.63, 3.8) is 0 Å². The van der Waals surface area contributed by atoms with Gasteiger partial charge >= 0.3 is 7.37 Å². The summed E-state index contributed by atoms with van der Waals surface area (Å²) in [5.74, 6) is 0.935. The Morgan fingerprint density at radius 1 is 0.697 bits per heavy atom. The highest BCUT2D eigenvalue weighted by Gasteiger charge is 2.41. The highest BCUT2D eigenvalue weighted by molar-refractivity contribution is 7.75. The second-order valence-corrected chi connectivity index (χ2v) is 11.1. The van der Waals surface area contributed by atoms with Gasteiger partial charge in [0.15, 0.2) is 0 Å². The zero-order chi connectivity index (χ0) is 22.8. The molecule has 0 radical (unpaired) electrons. The van der Waals surface area contributed by atoms with E-state index < -0.39 is 7.37 Å². The van der Waals surface area contributed by atoms with E-state index in [0.717, 1.165) is 82.0 Å². The van der Waals surface area contributed by atoms with Gasteiger partial charge in [-0.3, -0.25) is 4.57 Å². The van der Waals surface area contributed by atoms with Crippen molar-refractivity contribution in [1.82, 2.24) is 0 Å². The molecule has 0 N–H and O–H groups in total. The zero-order valence-electron chi connectivity index (χ0n) is 19.5. The van der Waals surface area contributed by atoms with Gasteiger partial charge in [0, 0.05) is 6.42 Å². The van der Waals surface area contributed by atoms with Crippen LogP contribution in [0.3, 0.4) is 0 Å². The zero-order valence-corrected chi connectivity index (χ0v) is 20.4. The van der Waals surface area contributed by atoms with Gasteiger partial charge in [0.2, 0.25) is 0 Å². The Morgan fingerprint density at radius 2 is 1.33 bits per heavy atom. The number of fused-ring (bicyclic) bond motifs is 4. The highest BCUT2D eigenvalue weighted by Crippen LogP contribution is 2.56. The van der Waals surface area contributed by atoms with Crippen LogP contribution in [0.1, 0.15) is 57.9 Å². The Kier molecular flexibility index (Phi) is 6.13. The molecule has 0 aromatic heterocycles. The molecule has 0 spiro atoms. The maximum atomic E-state index is 15.2. The Bertz CT molecular complexity index is 1390. The topological polar surface area (TPSA) is 26.3 Å². The van der Waals surface area contributed by atoms with Crippen LogP contribution < -0.4 is 10.6 Å². The van der Waals surface area contributed by atoms with E-state index in [0.29, 0.717) is 0 Å². The molecule has 0 fully saturated rings. The van der Waals surface area contributed by atoms with Crippen LogP contribution in [0.5, 0.6) is 0 Å². The van der Waals surface area contributed by atoms with Gasteiger partial charge in [0.05, 0.1) is 10.6 Å². The van der Waals surface area contributed by atoms with Gasteiger partial charge in [-0.15, -0.1) is 0 Å². The largest absolute Gasteiger partial charge is 0.441 e. The van der Waals surface area contributed by atoms with E-state index in [1.807, 2.05) is 36.4 Å². The van der Waals surface area contributed by atoms with E-state index in [-0.39, 0.29) is 0 Å². The summed E-state index contributed by atoms with van der Waals surface area (Å²) in [6.45, 7) is 4.42. The van der Waals surface area contributed by atoms with Crippen LogP contribution in [-0.4, -0.2) is 0 Å². The van der Waals surface area contributed by atoms with Crippen LogP contribution in [0.2, 0.25) is 0 Å². The van der Waals surface area contributed by atoms with E-state index in [2.05, 4.69) is 56.3 Å². The number of hydrogen-bond donors (Lipinski definition) is 0. The predicted octanol–water partition coefficient (Wildman–Crippen LogP) is 8.34. The Hall–Kier alpha value is -2.83. The molecule has 3 heteroatoms. The minimum absolute atomic E-state index is 0.807. The molecule has 168 valence electrons. The van der Waals surface area contributed by atoms with Crippen LogP contribution in [0.4, 0.5) is 0 Å². The van der Waals surface area contributed by atoms with E-state index in [9.17, 15) is 0 Å². The minimum Gasteiger partial charge on any atom is -0.441 e. The minimum atomic E-state index is -3.37. The van der Waals surface area contributed by atoms with Gasteiger partial charge < -0.3 is 4.52 Å². The first-order valence-electron chi connectivity index (χ1n) is 12.2. The average molecular weight is 455 g/mol. The van der Waals surface area contributed by atoms with Crippen molar-refractivity contribution in [2.75, 3.05) is 0 Å². The average Bonchev–Trinajstić information content (AvgIpc) is 2.86. The summed E-state index contributed by atoms with van der Waals surface area (Å²) >= 11 is 0. The normalized spacial score (nSPS) is 17.9. The molecule has 1 unspecified atom stereocenters. The molecule has 0 saturated carbocycles. The number of benzene rings is 4. The maximum Gasteiger partial charge on any atom is 0.308 e. The quantitative estimate of drug-likeness (QED) is 0.262. The van der Waals surface area contributed by atoms with Crippen molar-refractivity contribution < 1.29 is 9.09 Å². The maximum absolute atomic E-state index is 15.2. The summed E-state index contributed by atoms with van der Waals surface area (Å²) < 4.78 is 22.0. The van der Waals surface area contributed by atoms with Crippen molar-refractivity contribution >= 4 is 45.1 Å². The molecule has 1 atom stereocenters. The number of hydrogen-bond acceptors (Lipinski definition) is 2. The number of rotatable bonds is 7. The van der Waals surface area contributed by atoms with E-state index in [4.69, 9.17) is 4.52 Å². The molecule has 0 bridgehead atoms. The summed E-state index contributed by atoms with van der Waals surface area (Å²) in [6.07, 6.45) is 6.11. The molecule has 4 aromatic rings. The Labute approximate surface area is 196 Å². The molecule has 1 aliphatic heterocycles. The summed E-state index contributed by atoms with van der Waals surface area (Å²) in [5, 5.41) is 5.92. The van der Waals surface area contributed by atoms with E-state index >= 15 is 4.57 Å². The molecular formula is C30H31O2P. The van der Waals surface area contributed by atoms with Crippen molar-refractivity contribution in [3.8, 4) is 0 Å². The fraction of sp³-hybridized carbons (Fsp3) is 0.267. The van der Waals surface area contributed by atoms with E-state index in [1.54, 1.807) is 0 Å². The predicted molar refractivity (Wildman–Crippen MR) is 142 cm³/mol. The molecular weight excluding hydrogens is 423 g/mol.